The highest BCUT2D eigenvalue weighted by Gasteiger charge is 2.27. The summed E-state index contributed by atoms with van der Waals surface area (Å²) >= 11 is 0. The highest BCUT2D eigenvalue weighted by atomic mass is 16.5. The topological polar surface area (TPSA) is 52.6 Å². The summed E-state index contributed by atoms with van der Waals surface area (Å²) in [5, 5.41) is 0. The Hall–Kier alpha value is -1.32. The summed E-state index contributed by atoms with van der Waals surface area (Å²) in [6.07, 6.45) is 4.40. The Morgan fingerprint density at radius 3 is 2.24 bits per heavy atom. The molecule has 0 spiro atoms. The van der Waals surface area contributed by atoms with Gasteiger partial charge in [-0.3, -0.25) is 4.79 Å². The average molecular weight is 242 g/mol. The fourth-order valence-corrected chi connectivity index (χ4v) is 1.24. The Bertz CT molecular complexity index is 279. The van der Waals surface area contributed by atoms with Crippen molar-refractivity contribution in [3.8, 4) is 0 Å². The number of allylic oxidation sites excluding steroid dienone is 1. The van der Waals surface area contributed by atoms with Crippen molar-refractivity contribution in [3.05, 3.63) is 12.2 Å². The maximum absolute atomic E-state index is 11.6. The second-order valence-corrected chi connectivity index (χ2v) is 4.30. The zero-order valence-electron chi connectivity index (χ0n) is 11.1. The lowest BCUT2D eigenvalue weighted by Gasteiger charge is -2.21. The maximum atomic E-state index is 11.6. The smallest absolute Gasteiger partial charge is 0.330 e. The molecule has 0 aliphatic heterocycles. The van der Waals surface area contributed by atoms with E-state index >= 15 is 0 Å². The van der Waals surface area contributed by atoms with E-state index in [4.69, 9.17) is 9.47 Å². The molecule has 0 radical (unpaired) electrons. The Balaban J connectivity index is 4.02. The summed E-state index contributed by atoms with van der Waals surface area (Å²) < 4.78 is 9.71. The molecule has 4 nitrogen and oxygen atoms in total. The van der Waals surface area contributed by atoms with Gasteiger partial charge in [-0.15, -0.1) is 0 Å². The van der Waals surface area contributed by atoms with E-state index < -0.39 is 5.41 Å². The van der Waals surface area contributed by atoms with Crippen molar-refractivity contribution in [2.45, 2.75) is 40.5 Å². The lowest BCUT2D eigenvalue weighted by molar-refractivity contribution is -0.153. The van der Waals surface area contributed by atoms with Gasteiger partial charge in [-0.05, 0) is 40.5 Å². The minimum atomic E-state index is -0.519. The third kappa shape index (κ3) is 6.76. The number of hydrogen-bond donors (Lipinski definition) is 0. The van der Waals surface area contributed by atoms with Crippen LogP contribution < -0.4 is 0 Å². The highest BCUT2D eigenvalue weighted by Crippen LogP contribution is 2.24. The van der Waals surface area contributed by atoms with Gasteiger partial charge in [-0.25, -0.2) is 4.79 Å². The summed E-state index contributed by atoms with van der Waals surface area (Å²) in [4.78, 5) is 22.6. The second kappa shape index (κ2) is 7.87. The van der Waals surface area contributed by atoms with Gasteiger partial charge in [0.2, 0.25) is 0 Å². The van der Waals surface area contributed by atoms with Gasteiger partial charge in [0.15, 0.2) is 0 Å². The van der Waals surface area contributed by atoms with Gasteiger partial charge in [0.1, 0.15) is 0 Å². The molecule has 0 aliphatic carbocycles. The molecule has 0 atom stereocenters. The van der Waals surface area contributed by atoms with E-state index in [0.717, 1.165) is 0 Å². The molecule has 17 heavy (non-hydrogen) atoms. The van der Waals surface area contributed by atoms with Gasteiger partial charge in [0.25, 0.3) is 0 Å². The standard InChI is InChI=1S/C13H22O4/c1-5-16-11(14)9-7-8-10-13(3,4)12(15)17-6-2/h7,9H,5-6,8,10H2,1-4H3/b9-7-. The van der Waals surface area contributed by atoms with Gasteiger partial charge >= 0.3 is 11.9 Å². The van der Waals surface area contributed by atoms with Crippen LogP contribution in [0.25, 0.3) is 0 Å². The molecule has 0 unspecified atom stereocenters. The van der Waals surface area contributed by atoms with Crippen molar-refractivity contribution < 1.29 is 19.1 Å². The fraction of sp³-hybridized carbons (Fsp3) is 0.692. The van der Waals surface area contributed by atoms with Crippen LogP contribution in [0.15, 0.2) is 12.2 Å². The van der Waals surface area contributed by atoms with E-state index in [0.29, 0.717) is 26.1 Å². The van der Waals surface area contributed by atoms with Gasteiger partial charge in [0.05, 0.1) is 18.6 Å². The van der Waals surface area contributed by atoms with E-state index in [1.807, 2.05) is 13.8 Å². The summed E-state index contributed by atoms with van der Waals surface area (Å²) in [6, 6.07) is 0. The molecule has 0 saturated carbocycles. The average Bonchev–Trinajstić information content (AvgIpc) is 2.25. The zero-order chi connectivity index (χ0) is 13.3. The largest absolute Gasteiger partial charge is 0.466 e. The van der Waals surface area contributed by atoms with E-state index in [9.17, 15) is 9.59 Å². The fourth-order valence-electron chi connectivity index (χ4n) is 1.24. The number of esters is 2. The van der Waals surface area contributed by atoms with E-state index in [1.165, 1.54) is 6.08 Å². The van der Waals surface area contributed by atoms with E-state index in [1.54, 1.807) is 19.9 Å². The van der Waals surface area contributed by atoms with Crippen molar-refractivity contribution in [1.29, 1.82) is 0 Å². The zero-order valence-corrected chi connectivity index (χ0v) is 11.1. The van der Waals surface area contributed by atoms with E-state index in [2.05, 4.69) is 0 Å². The SMILES string of the molecule is CCOC(=O)/C=C\CCC(C)(C)C(=O)OCC. The van der Waals surface area contributed by atoms with Crippen LogP contribution in [0.4, 0.5) is 0 Å². The first kappa shape index (κ1) is 15.7. The Kier molecular flexibility index (Phi) is 7.26. The van der Waals surface area contributed by atoms with Crippen LogP contribution in [0.3, 0.4) is 0 Å². The molecule has 0 heterocycles. The molecule has 0 rings (SSSR count). The molecule has 0 aromatic heterocycles. The number of carbonyl (C=O) groups is 2. The van der Waals surface area contributed by atoms with Crippen LogP contribution in [-0.2, 0) is 19.1 Å². The van der Waals surface area contributed by atoms with Gasteiger partial charge in [0, 0.05) is 6.08 Å². The molecular weight excluding hydrogens is 220 g/mol. The lowest BCUT2D eigenvalue weighted by Crippen LogP contribution is -2.26. The molecule has 0 aromatic rings. The van der Waals surface area contributed by atoms with Crippen LogP contribution in [0.2, 0.25) is 0 Å². The molecule has 4 heteroatoms. The quantitative estimate of drug-likeness (QED) is 0.508. The number of hydrogen-bond acceptors (Lipinski definition) is 4. The molecular formula is C13H22O4. The monoisotopic (exact) mass is 242 g/mol. The van der Waals surface area contributed by atoms with Gasteiger partial charge in [-0.2, -0.15) is 0 Å². The molecule has 0 fully saturated rings. The number of carbonyl (C=O) groups excluding carboxylic acids is 2. The minimum absolute atomic E-state index is 0.204. The molecule has 0 bridgehead atoms. The van der Waals surface area contributed by atoms with Gasteiger partial charge < -0.3 is 9.47 Å². The molecule has 0 aliphatic rings. The predicted octanol–water partition coefficient (Wildman–Crippen LogP) is 2.48. The maximum Gasteiger partial charge on any atom is 0.330 e. The minimum Gasteiger partial charge on any atom is -0.466 e. The summed E-state index contributed by atoms with van der Waals surface area (Å²) in [6.45, 7) is 7.98. The first-order chi connectivity index (χ1) is 7.94. The Labute approximate surface area is 103 Å². The Morgan fingerprint density at radius 1 is 1.12 bits per heavy atom. The first-order valence-electron chi connectivity index (χ1n) is 5.94. The van der Waals surface area contributed by atoms with E-state index in [-0.39, 0.29) is 11.9 Å². The Morgan fingerprint density at radius 2 is 1.71 bits per heavy atom. The van der Waals surface area contributed by atoms with Gasteiger partial charge in [-0.1, -0.05) is 6.08 Å². The first-order valence-corrected chi connectivity index (χ1v) is 5.94. The van der Waals surface area contributed by atoms with Crippen molar-refractivity contribution in [1.82, 2.24) is 0 Å². The van der Waals surface area contributed by atoms with Crippen LogP contribution in [0, 0.1) is 5.41 Å². The van der Waals surface area contributed by atoms with Crippen LogP contribution >= 0.6 is 0 Å². The summed E-state index contributed by atoms with van der Waals surface area (Å²) in [5.74, 6) is -0.550. The predicted molar refractivity (Wildman–Crippen MR) is 65.4 cm³/mol. The second-order valence-electron chi connectivity index (χ2n) is 4.30. The van der Waals surface area contributed by atoms with Crippen molar-refractivity contribution in [2.24, 2.45) is 5.41 Å². The number of ether oxygens (including phenoxy) is 2. The summed E-state index contributed by atoms with van der Waals surface area (Å²) in [5.41, 5.74) is -0.519. The highest BCUT2D eigenvalue weighted by molar-refractivity contribution is 5.81. The van der Waals surface area contributed by atoms with Crippen LogP contribution in [0.1, 0.15) is 40.5 Å². The molecule has 0 N–H and O–H groups in total. The molecule has 98 valence electrons. The molecule has 0 amide bonds. The van der Waals surface area contributed by atoms with Crippen molar-refractivity contribution in [2.75, 3.05) is 13.2 Å². The summed E-state index contributed by atoms with van der Waals surface area (Å²) in [7, 11) is 0. The third-order valence-corrected chi connectivity index (χ3v) is 2.30. The molecule has 0 saturated heterocycles. The van der Waals surface area contributed by atoms with Crippen LogP contribution in [-0.4, -0.2) is 25.2 Å². The van der Waals surface area contributed by atoms with Crippen LogP contribution in [0.5, 0.6) is 0 Å². The van der Waals surface area contributed by atoms with Crippen molar-refractivity contribution in [3.63, 3.8) is 0 Å². The third-order valence-electron chi connectivity index (χ3n) is 2.30. The normalized spacial score (nSPS) is 11.5. The van der Waals surface area contributed by atoms with Crippen molar-refractivity contribution >= 4 is 11.9 Å². The number of rotatable bonds is 7. The lowest BCUT2D eigenvalue weighted by atomic mass is 9.88. The molecule has 0 aromatic carbocycles.